The first-order valence-electron chi connectivity index (χ1n) is 7.02. The molecule has 0 N–H and O–H groups in total. The molecule has 0 fully saturated rings. The van der Waals surface area contributed by atoms with Crippen molar-refractivity contribution >= 4 is 0 Å². The molecule has 16 heavy (non-hydrogen) atoms. The van der Waals surface area contributed by atoms with Gasteiger partial charge in [-0.05, 0) is 19.3 Å². The molecule has 0 aliphatic rings. The van der Waals surface area contributed by atoms with E-state index in [1.165, 1.54) is 51.4 Å². The molecular formula is C16H29. The summed E-state index contributed by atoms with van der Waals surface area (Å²) in [4.78, 5) is 0. The molecule has 0 aromatic carbocycles. The monoisotopic (exact) mass is 221 g/mol. The maximum Gasteiger partial charge on any atom is -0.0348 e. The van der Waals surface area contributed by atoms with Gasteiger partial charge in [-0.1, -0.05) is 83.1 Å². The van der Waals surface area contributed by atoms with E-state index >= 15 is 0 Å². The molecule has 0 saturated carbocycles. The summed E-state index contributed by atoms with van der Waals surface area (Å²) < 4.78 is 0. The van der Waals surface area contributed by atoms with E-state index in [-0.39, 0.29) is 0 Å². The molecule has 0 aromatic heterocycles. The predicted molar refractivity (Wildman–Crippen MR) is 75.5 cm³/mol. The molecule has 0 amide bonds. The second-order valence-corrected chi connectivity index (χ2v) is 4.38. The number of hydrogen-bond donors (Lipinski definition) is 0. The van der Waals surface area contributed by atoms with Gasteiger partial charge in [0.1, 0.15) is 0 Å². The van der Waals surface area contributed by atoms with Crippen LogP contribution in [0, 0.1) is 6.92 Å². The Morgan fingerprint density at radius 2 is 1.31 bits per heavy atom. The first-order chi connectivity index (χ1) is 7.91. The highest BCUT2D eigenvalue weighted by molar-refractivity contribution is 5.01. The average molecular weight is 221 g/mol. The molecule has 0 spiro atoms. The smallest absolute Gasteiger partial charge is 0.0348 e. The summed E-state index contributed by atoms with van der Waals surface area (Å²) in [5, 5.41) is 0. The molecule has 0 heteroatoms. The van der Waals surface area contributed by atoms with Gasteiger partial charge in [0.05, 0.1) is 0 Å². The van der Waals surface area contributed by atoms with Gasteiger partial charge in [-0.25, -0.2) is 0 Å². The third-order valence-electron chi connectivity index (χ3n) is 2.74. The lowest BCUT2D eigenvalue weighted by molar-refractivity contribution is 0.583. The molecule has 1 radical (unpaired) electrons. The largest absolute Gasteiger partial charge is 0.0848 e. The third-order valence-corrected chi connectivity index (χ3v) is 2.74. The number of hydrogen-bond acceptors (Lipinski definition) is 0. The summed E-state index contributed by atoms with van der Waals surface area (Å²) in [6, 6.07) is 0. The van der Waals surface area contributed by atoms with E-state index in [1.807, 2.05) is 0 Å². The highest BCUT2D eigenvalue weighted by Gasteiger charge is 1.89. The molecule has 0 heterocycles. The van der Waals surface area contributed by atoms with E-state index in [0.29, 0.717) is 0 Å². The van der Waals surface area contributed by atoms with Crippen LogP contribution >= 0.6 is 0 Å². The second-order valence-electron chi connectivity index (χ2n) is 4.38. The lowest BCUT2D eigenvalue weighted by Gasteiger charge is -1.99. The SMILES string of the molecule is [CH2]CCCCCCCCC/C=C/C=C\CC. The molecular weight excluding hydrogens is 192 g/mol. The van der Waals surface area contributed by atoms with Crippen molar-refractivity contribution in [2.45, 2.75) is 71.1 Å². The Morgan fingerprint density at radius 3 is 1.94 bits per heavy atom. The first-order valence-corrected chi connectivity index (χ1v) is 7.02. The number of allylic oxidation sites excluding steroid dienone is 4. The van der Waals surface area contributed by atoms with Gasteiger partial charge < -0.3 is 0 Å². The van der Waals surface area contributed by atoms with Crippen LogP contribution in [-0.4, -0.2) is 0 Å². The van der Waals surface area contributed by atoms with E-state index in [0.717, 1.165) is 12.8 Å². The van der Waals surface area contributed by atoms with Crippen molar-refractivity contribution in [2.24, 2.45) is 0 Å². The Labute approximate surface area is 103 Å². The van der Waals surface area contributed by atoms with E-state index in [1.54, 1.807) is 0 Å². The van der Waals surface area contributed by atoms with Crippen LogP contribution in [0.5, 0.6) is 0 Å². The molecule has 0 aromatic rings. The maximum absolute atomic E-state index is 3.86. The van der Waals surface area contributed by atoms with Gasteiger partial charge in [0, 0.05) is 0 Å². The highest BCUT2D eigenvalue weighted by atomic mass is 14.0. The van der Waals surface area contributed by atoms with Crippen molar-refractivity contribution in [1.82, 2.24) is 0 Å². The molecule has 0 nitrogen and oxygen atoms in total. The summed E-state index contributed by atoms with van der Waals surface area (Å²) in [5.41, 5.74) is 0. The zero-order chi connectivity index (χ0) is 11.9. The molecule has 0 rings (SSSR count). The predicted octanol–water partition coefficient (Wildman–Crippen LogP) is 5.85. The van der Waals surface area contributed by atoms with Crippen molar-refractivity contribution in [3.63, 3.8) is 0 Å². The minimum absolute atomic E-state index is 1.11. The normalized spacial score (nSPS) is 11.9. The van der Waals surface area contributed by atoms with Gasteiger partial charge in [-0.3, -0.25) is 0 Å². The summed E-state index contributed by atoms with van der Waals surface area (Å²) in [6.07, 6.45) is 22.0. The Bertz CT molecular complexity index is 165. The van der Waals surface area contributed by atoms with Crippen LogP contribution in [0.3, 0.4) is 0 Å². The average Bonchev–Trinajstić information content (AvgIpc) is 2.31. The second kappa shape index (κ2) is 14.5. The number of rotatable bonds is 11. The van der Waals surface area contributed by atoms with E-state index in [2.05, 4.69) is 38.2 Å². The summed E-state index contributed by atoms with van der Waals surface area (Å²) in [5.74, 6) is 0. The highest BCUT2D eigenvalue weighted by Crippen LogP contribution is 2.09. The van der Waals surface area contributed by atoms with Gasteiger partial charge in [-0.15, -0.1) is 0 Å². The maximum atomic E-state index is 3.86. The molecule has 93 valence electrons. The summed E-state index contributed by atoms with van der Waals surface area (Å²) in [6.45, 7) is 6.03. The minimum Gasteiger partial charge on any atom is -0.0848 e. The van der Waals surface area contributed by atoms with Gasteiger partial charge >= 0.3 is 0 Å². The molecule has 0 atom stereocenters. The van der Waals surface area contributed by atoms with Crippen LogP contribution in [0.2, 0.25) is 0 Å². The van der Waals surface area contributed by atoms with Gasteiger partial charge in [-0.2, -0.15) is 0 Å². The quantitative estimate of drug-likeness (QED) is 0.303. The zero-order valence-corrected chi connectivity index (χ0v) is 11.1. The van der Waals surface area contributed by atoms with Crippen LogP contribution in [0.15, 0.2) is 24.3 Å². The van der Waals surface area contributed by atoms with Gasteiger partial charge in [0.15, 0.2) is 0 Å². The fourth-order valence-corrected chi connectivity index (χ4v) is 1.71. The zero-order valence-electron chi connectivity index (χ0n) is 11.1. The first kappa shape index (κ1) is 15.5. The molecule has 0 aliphatic carbocycles. The molecule has 0 bridgehead atoms. The Kier molecular flexibility index (Phi) is 14.0. The molecule has 0 unspecified atom stereocenters. The number of unbranched alkanes of at least 4 members (excludes halogenated alkanes) is 8. The lowest BCUT2D eigenvalue weighted by atomic mass is 10.1. The van der Waals surface area contributed by atoms with Crippen molar-refractivity contribution in [1.29, 1.82) is 0 Å². The topological polar surface area (TPSA) is 0 Å². The van der Waals surface area contributed by atoms with Gasteiger partial charge in [0.2, 0.25) is 0 Å². The van der Waals surface area contributed by atoms with E-state index < -0.39 is 0 Å². The summed E-state index contributed by atoms with van der Waals surface area (Å²) >= 11 is 0. The third kappa shape index (κ3) is 13.5. The standard InChI is InChI=1S/C16H29/c1-3-5-7-9-11-13-15-16-14-12-10-8-6-4-2/h6,8,10,12H,1,3-5,7,9,11,13-16H2,2H3/b8-6-,12-10+. The van der Waals surface area contributed by atoms with Crippen molar-refractivity contribution in [3.05, 3.63) is 31.2 Å². The van der Waals surface area contributed by atoms with Crippen LogP contribution in [0.4, 0.5) is 0 Å². The van der Waals surface area contributed by atoms with Crippen LogP contribution in [-0.2, 0) is 0 Å². The Hall–Kier alpha value is -0.520. The Balaban J connectivity index is 3.03. The lowest BCUT2D eigenvalue weighted by Crippen LogP contribution is -1.79. The minimum atomic E-state index is 1.11. The molecule has 0 aliphatic heterocycles. The van der Waals surface area contributed by atoms with Crippen LogP contribution < -0.4 is 0 Å². The van der Waals surface area contributed by atoms with Crippen molar-refractivity contribution < 1.29 is 0 Å². The fourth-order valence-electron chi connectivity index (χ4n) is 1.71. The van der Waals surface area contributed by atoms with Crippen LogP contribution in [0.1, 0.15) is 71.1 Å². The van der Waals surface area contributed by atoms with Crippen LogP contribution in [0.25, 0.3) is 0 Å². The fraction of sp³-hybridized carbons (Fsp3) is 0.688. The Morgan fingerprint density at radius 1 is 0.750 bits per heavy atom. The molecule has 0 saturated heterocycles. The van der Waals surface area contributed by atoms with Crippen molar-refractivity contribution in [2.75, 3.05) is 0 Å². The van der Waals surface area contributed by atoms with Gasteiger partial charge in [0.25, 0.3) is 0 Å². The van der Waals surface area contributed by atoms with Crippen molar-refractivity contribution in [3.8, 4) is 0 Å². The van der Waals surface area contributed by atoms with E-state index in [9.17, 15) is 0 Å². The van der Waals surface area contributed by atoms with E-state index in [4.69, 9.17) is 0 Å². The summed E-state index contributed by atoms with van der Waals surface area (Å²) in [7, 11) is 0.